The monoisotopic (exact) mass is 525 g/mol. The number of rotatable bonds is 7. The van der Waals surface area contributed by atoms with Crippen LogP contribution in [-0.2, 0) is 12.7 Å². The highest BCUT2D eigenvalue weighted by Crippen LogP contribution is 2.32. The van der Waals surface area contributed by atoms with E-state index < -0.39 is 16.7 Å². The molecule has 0 aliphatic heterocycles. The molecule has 5 nitrogen and oxygen atoms in total. The van der Waals surface area contributed by atoms with Gasteiger partial charge in [-0.1, -0.05) is 84.9 Å². The van der Waals surface area contributed by atoms with Crippen LogP contribution in [0, 0.1) is 10.1 Å². The standard InChI is InChI=1S/C31H22F3N3O2/c32-31(33,34)27-8-4-7-26(19-27)24-14-9-22(10-15-24)13-18-30-35-29(25-5-2-1-3-6-25)21-36(30)20-23-11-16-28(17-12-23)37(38)39/h1-19,21H,20H2/b18-13+. The first-order valence-electron chi connectivity index (χ1n) is 12.1. The number of nitrogens with zero attached hydrogens (tertiary/aromatic N) is 3. The average molecular weight is 526 g/mol. The highest BCUT2D eigenvalue weighted by molar-refractivity contribution is 5.72. The van der Waals surface area contributed by atoms with Gasteiger partial charge >= 0.3 is 6.18 Å². The van der Waals surface area contributed by atoms with Crippen LogP contribution in [0.25, 0.3) is 34.5 Å². The number of imidazole rings is 1. The molecule has 0 aliphatic carbocycles. The Bertz CT molecular complexity index is 1620. The number of aromatic nitrogens is 2. The first kappa shape index (κ1) is 25.7. The Hall–Kier alpha value is -4.98. The van der Waals surface area contributed by atoms with E-state index in [9.17, 15) is 23.3 Å². The fourth-order valence-electron chi connectivity index (χ4n) is 4.19. The Labute approximate surface area is 222 Å². The maximum absolute atomic E-state index is 13.1. The van der Waals surface area contributed by atoms with Crippen LogP contribution in [0.5, 0.6) is 0 Å². The number of halogens is 3. The molecule has 0 atom stereocenters. The summed E-state index contributed by atoms with van der Waals surface area (Å²) < 4.78 is 41.3. The van der Waals surface area contributed by atoms with Crippen LogP contribution in [0.4, 0.5) is 18.9 Å². The molecule has 0 saturated heterocycles. The van der Waals surface area contributed by atoms with Gasteiger partial charge in [0, 0.05) is 30.4 Å². The molecule has 8 heteroatoms. The van der Waals surface area contributed by atoms with E-state index in [0.717, 1.165) is 34.5 Å². The fourth-order valence-corrected chi connectivity index (χ4v) is 4.19. The maximum atomic E-state index is 13.1. The molecule has 4 aromatic carbocycles. The van der Waals surface area contributed by atoms with Gasteiger partial charge in [0.1, 0.15) is 5.82 Å². The van der Waals surface area contributed by atoms with Gasteiger partial charge in [0.25, 0.3) is 5.69 Å². The minimum absolute atomic E-state index is 0.0306. The van der Waals surface area contributed by atoms with Crippen molar-refractivity contribution < 1.29 is 18.1 Å². The summed E-state index contributed by atoms with van der Waals surface area (Å²) in [6.07, 6.45) is 1.30. The average Bonchev–Trinajstić information content (AvgIpc) is 3.35. The Kier molecular flexibility index (Phi) is 7.10. The predicted molar refractivity (Wildman–Crippen MR) is 146 cm³/mol. The number of alkyl halides is 3. The van der Waals surface area contributed by atoms with Crippen molar-refractivity contribution in [2.45, 2.75) is 12.7 Å². The Morgan fingerprint density at radius 3 is 2.15 bits per heavy atom. The third kappa shape index (κ3) is 6.13. The molecule has 1 aromatic heterocycles. The normalized spacial score (nSPS) is 11.7. The van der Waals surface area contributed by atoms with E-state index in [-0.39, 0.29) is 5.69 Å². The van der Waals surface area contributed by atoms with Crippen LogP contribution in [0.2, 0.25) is 0 Å². The first-order valence-corrected chi connectivity index (χ1v) is 12.1. The summed E-state index contributed by atoms with van der Waals surface area (Å²) in [5.74, 6) is 0.689. The zero-order valence-electron chi connectivity index (χ0n) is 20.5. The predicted octanol–water partition coefficient (Wildman–Crippen LogP) is 8.36. The molecule has 5 aromatic rings. The lowest BCUT2D eigenvalue weighted by atomic mass is 10.0. The molecule has 39 heavy (non-hydrogen) atoms. The van der Waals surface area contributed by atoms with Crippen molar-refractivity contribution in [3.05, 3.63) is 142 Å². The lowest BCUT2D eigenvalue weighted by molar-refractivity contribution is -0.384. The Morgan fingerprint density at radius 2 is 1.49 bits per heavy atom. The van der Waals surface area contributed by atoms with Gasteiger partial charge in [-0.3, -0.25) is 10.1 Å². The van der Waals surface area contributed by atoms with Gasteiger partial charge in [-0.25, -0.2) is 4.98 Å². The van der Waals surface area contributed by atoms with E-state index in [4.69, 9.17) is 4.98 Å². The van der Waals surface area contributed by atoms with Crippen LogP contribution in [0.1, 0.15) is 22.5 Å². The molecule has 0 bridgehead atoms. The second kappa shape index (κ2) is 10.8. The van der Waals surface area contributed by atoms with Gasteiger partial charge in [-0.15, -0.1) is 0 Å². The second-order valence-electron chi connectivity index (χ2n) is 8.94. The molecule has 5 rings (SSSR count). The molecule has 0 radical (unpaired) electrons. The van der Waals surface area contributed by atoms with Gasteiger partial charge < -0.3 is 4.57 Å². The van der Waals surface area contributed by atoms with Crippen molar-refractivity contribution >= 4 is 17.8 Å². The van der Waals surface area contributed by atoms with Crippen molar-refractivity contribution in [1.29, 1.82) is 0 Å². The number of hydrogen-bond donors (Lipinski definition) is 0. The molecule has 0 spiro atoms. The van der Waals surface area contributed by atoms with Crippen molar-refractivity contribution in [2.24, 2.45) is 0 Å². The molecule has 0 fully saturated rings. The van der Waals surface area contributed by atoms with Crippen molar-refractivity contribution in [3.8, 4) is 22.4 Å². The van der Waals surface area contributed by atoms with E-state index in [0.29, 0.717) is 23.5 Å². The van der Waals surface area contributed by atoms with E-state index in [2.05, 4.69) is 0 Å². The summed E-state index contributed by atoms with van der Waals surface area (Å²) in [6.45, 7) is 0.464. The zero-order valence-corrected chi connectivity index (χ0v) is 20.5. The molecular weight excluding hydrogens is 503 g/mol. The third-order valence-electron chi connectivity index (χ3n) is 6.24. The molecule has 0 amide bonds. The van der Waals surface area contributed by atoms with Crippen LogP contribution in [0.3, 0.4) is 0 Å². The van der Waals surface area contributed by atoms with Gasteiger partial charge in [-0.05, 0) is 40.5 Å². The quantitative estimate of drug-likeness (QED) is 0.158. The topological polar surface area (TPSA) is 61.0 Å². The molecule has 194 valence electrons. The Balaban J connectivity index is 1.41. The lowest BCUT2D eigenvalue weighted by Crippen LogP contribution is -2.04. The molecule has 0 N–H and O–H groups in total. The van der Waals surface area contributed by atoms with E-state index in [1.54, 1.807) is 30.3 Å². The van der Waals surface area contributed by atoms with Gasteiger partial charge in [-0.2, -0.15) is 13.2 Å². The number of non-ortho nitro benzene ring substituents is 1. The molecule has 0 aliphatic rings. The first-order chi connectivity index (χ1) is 18.8. The van der Waals surface area contributed by atoms with Gasteiger partial charge in [0.2, 0.25) is 0 Å². The van der Waals surface area contributed by atoms with Gasteiger partial charge in [0.05, 0.1) is 16.2 Å². The number of benzene rings is 4. The largest absolute Gasteiger partial charge is 0.416 e. The van der Waals surface area contributed by atoms with E-state index in [1.165, 1.54) is 18.2 Å². The van der Waals surface area contributed by atoms with Crippen LogP contribution in [-0.4, -0.2) is 14.5 Å². The zero-order chi connectivity index (χ0) is 27.4. The van der Waals surface area contributed by atoms with Crippen LogP contribution < -0.4 is 0 Å². The third-order valence-corrected chi connectivity index (χ3v) is 6.24. The minimum atomic E-state index is -4.40. The summed E-state index contributed by atoms with van der Waals surface area (Å²) in [6, 6.07) is 28.7. The maximum Gasteiger partial charge on any atom is 0.416 e. The van der Waals surface area contributed by atoms with Crippen molar-refractivity contribution in [1.82, 2.24) is 9.55 Å². The highest BCUT2D eigenvalue weighted by Gasteiger charge is 2.30. The Morgan fingerprint density at radius 1 is 0.795 bits per heavy atom. The number of hydrogen-bond acceptors (Lipinski definition) is 3. The smallest absolute Gasteiger partial charge is 0.326 e. The van der Waals surface area contributed by atoms with E-state index in [1.807, 2.05) is 65.4 Å². The van der Waals surface area contributed by atoms with Crippen LogP contribution >= 0.6 is 0 Å². The van der Waals surface area contributed by atoms with Crippen molar-refractivity contribution in [3.63, 3.8) is 0 Å². The highest BCUT2D eigenvalue weighted by atomic mass is 19.4. The van der Waals surface area contributed by atoms with Crippen molar-refractivity contribution in [2.75, 3.05) is 0 Å². The van der Waals surface area contributed by atoms with Gasteiger partial charge in [0.15, 0.2) is 0 Å². The summed E-state index contributed by atoms with van der Waals surface area (Å²) in [7, 11) is 0. The SMILES string of the molecule is O=[N+]([O-])c1ccc(Cn2cc(-c3ccccc3)nc2/C=C/c2ccc(-c3cccc(C(F)(F)F)c3)cc2)cc1. The molecule has 0 saturated carbocycles. The molecule has 0 unspecified atom stereocenters. The summed E-state index contributed by atoms with van der Waals surface area (Å²) in [5, 5.41) is 11.0. The molecular formula is C31H22F3N3O2. The summed E-state index contributed by atoms with van der Waals surface area (Å²) in [5.41, 5.74) is 4.02. The van der Waals surface area contributed by atoms with E-state index >= 15 is 0 Å². The molecule has 1 heterocycles. The van der Waals surface area contributed by atoms with Crippen LogP contribution in [0.15, 0.2) is 109 Å². The number of nitro groups is 1. The number of nitro benzene ring substituents is 1. The summed E-state index contributed by atoms with van der Waals surface area (Å²) in [4.78, 5) is 15.4. The summed E-state index contributed by atoms with van der Waals surface area (Å²) >= 11 is 0. The fraction of sp³-hybridized carbons (Fsp3) is 0.0645. The lowest BCUT2D eigenvalue weighted by Gasteiger charge is -2.09. The minimum Gasteiger partial charge on any atom is -0.326 e. The second-order valence-corrected chi connectivity index (χ2v) is 8.94.